The number of carbonyl (C=O) groups excluding carboxylic acids is 1. The number of benzene rings is 1. The average molecular weight is 265 g/mol. The summed E-state index contributed by atoms with van der Waals surface area (Å²) in [6.45, 7) is 4.84. The van der Waals surface area contributed by atoms with E-state index < -0.39 is 5.97 Å². The van der Waals surface area contributed by atoms with Gasteiger partial charge in [0.15, 0.2) is 11.5 Å². The molecule has 1 heterocycles. The van der Waals surface area contributed by atoms with Gasteiger partial charge >= 0.3 is 5.97 Å². The van der Waals surface area contributed by atoms with E-state index in [4.69, 9.17) is 19.9 Å². The highest BCUT2D eigenvalue weighted by molar-refractivity contribution is 5.96. The Bertz CT molecular complexity index is 471. The summed E-state index contributed by atoms with van der Waals surface area (Å²) in [4.78, 5) is 11.9. The van der Waals surface area contributed by atoms with Crippen LogP contribution < -0.4 is 15.2 Å². The third-order valence-corrected chi connectivity index (χ3v) is 2.92. The molecule has 0 saturated carbocycles. The molecule has 1 aromatic rings. The topological polar surface area (TPSA) is 70.8 Å². The van der Waals surface area contributed by atoms with Gasteiger partial charge in [-0.05, 0) is 18.8 Å². The number of hydrogen-bond donors (Lipinski definition) is 1. The first-order valence-corrected chi connectivity index (χ1v) is 6.44. The number of ether oxygens (including phenoxy) is 3. The number of anilines is 1. The number of rotatable bonds is 5. The quantitative estimate of drug-likeness (QED) is 0.503. The Morgan fingerprint density at radius 2 is 2.05 bits per heavy atom. The molecule has 104 valence electrons. The number of hydrogen-bond acceptors (Lipinski definition) is 5. The van der Waals surface area contributed by atoms with Gasteiger partial charge < -0.3 is 19.9 Å². The predicted molar refractivity (Wildman–Crippen MR) is 71.3 cm³/mol. The Labute approximate surface area is 112 Å². The third kappa shape index (κ3) is 3.30. The second-order valence-corrected chi connectivity index (χ2v) is 4.96. The Morgan fingerprint density at radius 3 is 2.74 bits per heavy atom. The maximum atomic E-state index is 11.9. The van der Waals surface area contributed by atoms with Gasteiger partial charge in [0, 0.05) is 12.1 Å². The maximum Gasteiger partial charge on any atom is 0.340 e. The Balaban J connectivity index is 1.96. The van der Waals surface area contributed by atoms with E-state index in [-0.39, 0.29) is 6.79 Å². The summed E-state index contributed by atoms with van der Waals surface area (Å²) in [6.07, 6.45) is 1.89. The van der Waals surface area contributed by atoms with Gasteiger partial charge in [0.2, 0.25) is 6.79 Å². The van der Waals surface area contributed by atoms with E-state index in [0.717, 1.165) is 12.8 Å². The molecule has 2 N–H and O–H groups in total. The molecule has 0 aromatic heterocycles. The van der Waals surface area contributed by atoms with Crippen molar-refractivity contribution in [2.45, 2.75) is 26.7 Å². The summed E-state index contributed by atoms with van der Waals surface area (Å²) in [6, 6.07) is 3.16. The van der Waals surface area contributed by atoms with Crippen LogP contribution in [0.25, 0.3) is 0 Å². The minimum Gasteiger partial charge on any atom is -0.462 e. The lowest BCUT2D eigenvalue weighted by atomic mass is 10.1. The summed E-state index contributed by atoms with van der Waals surface area (Å²) < 4.78 is 15.6. The molecule has 0 fully saturated rings. The minimum absolute atomic E-state index is 0.154. The summed E-state index contributed by atoms with van der Waals surface area (Å²) in [5, 5.41) is 0. The van der Waals surface area contributed by atoms with Crippen molar-refractivity contribution in [3.63, 3.8) is 0 Å². The Kier molecular flexibility index (Phi) is 4.14. The lowest BCUT2D eigenvalue weighted by Gasteiger charge is -2.09. The fourth-order valence-electron chi connectivity index (χ4n) is 1.87. The molecule has 0 amide bonds. The molecular weight excluding hydrogens is 246 g/mol. The fraction of sp³-hybridized carbons (Fsp3) is 0.500. The standard InChI is InChI=1S/C14H19NO4/c1-9(2)4-3-5-17-14(16)10-6-12-13(7-11(10)15)19-8-18-12/h6-7,9H,3-5,8,15H2,1-2H3. The Morgan fingerprint density at radius 1 is 1.37 bits per heavy atom. The van der Waals surface area contributed by atoms with Crippen molar-refractivity contribution in [1.29, 1.82) is 0 Å². The first-order chi connectivity index (χ1) is 9.08. The number of fused-ring (bicyclic) bond motifs is 1. The lowest BCUT2D eigenvalue weighted by Crippen LogP contribution is -2.09. The second kappa shape index (κ2) is 5.82. The molecule has 5 nitrogen and oxygen atoms in total. The van der Waals surface area contributed by atoms with E-state index in [9.17, 15) is 4.79 Å². The number of nitrogen functional groups attached to an aromatic ring is 1. The van der Waals surface area contributed by atoms with Crippen molar-refractivity contribution < 1.29 is 19.0 Å². The van der Waals surface area contributed by atoms with E-state index in [1.807, 2.05) is 0 Å². The first kappa shape index (κ1) is 13.5. The molecule has 1 aliphatic heterocycles. The number of carbonyl (C=O) groups is 1. The molecule has 0 aliphatic carbocycles. The first-order valence-electron chi connectivity index (χ1n) is 6.44. The van der Waals surface area contributed by atoms with E-state index in [2.05, 4.69) is 13.8 Å². The van der Waals surface area contributed by atoms with Crippen molar-refractivity contribution in [2.75, 3.05) is 19.1 Å². The molecule has 0 unspecified atom stereocenters. The monoisotopic (exact) mass is 265 g/mol. The molecule has 1 aliphatic rings. The molecule has 19 heavy (non-hydrogen) atoms. The normalized spacial score (nSPS) is 12.8. The van der Waals surface area contributed by atoms with Gasteiger partial charge in [-0.3, -0.25) is 0 Å². The van der Waals surface area contributed by atoms with Crippen LogP contribution in [0.5, 0.6) is 11.5 Å². The van der Waals surface area contributed by atoms with Crippen molar-refractivity contribution in [3.05, 3.63) is 17.7 Å². The van der Waals surface area contributed by atoms with Crippen LogP contribution in [0.3, 0.4) is 0 Å². The SMILES string of the molecule is CC(C)CCCOC(=O)c1cc2c(cc1N)OCO2. The predicted octanol–water partition coefficient (Wildman–Crippen LogP) is 2.59. The average Bonchev–Trinajstić information content (AvgIpc) is 2.80. The molecular formula is C14H19NO4. The van der Waals surface area contributed by atoms with E-state index in [1.165, 1.54) is 0 Å². The van der Waals surface area contributed by atoms with Crippen LogP contribution in [0.2, 0.25) is 0 Å². The minimum atomic E-state index is -0.417. The number of nitrogens with two attached hydrogens (primary N) is 1. The largest absolute Gasteiger partial charge is 0.462 e. The van der Waals surface area contributed by atoms with E-state index in [0.29, 0.717) is 35.3 Å². The molecule has 0 atom stereocenters. The molecule has 0 saturated heterocycles. The van der Waals surface area contributed by atoms with Gasteiger partial charge in [-0.1, -0.05) is 13.8 Å². The van der Waals surface area contributed by atoms with Gasteiger partial charge in [-0.2, -0.15) is 0 Å². The smallest absolute Gasteiger partial charge is 0.340 e. The number of esters is 1. The fourth-order valence-corrected chi connectivity index (χ4v) is 1.87. The van der Waals surface area contributed by atoms with Crippen LogP contribution in [-0.4, -0.2) is 19.4 Å². The highest BCUT2D eigenvalue weighted by Gasteiger charge is 2.20. The van der Waals surface area contributed by atoms with Gasteiger partial charge in [0.1, 0.15) is 0 Å². The molecule has 0 radical (unpaired) electrons. The summed E-state index contributed by atoms with van der Waals surface area (Å²) in [5.41, 5.74) is 6.48. The van der Waals surface area contributed by atoms with Crippen LogP contribution in [0, 0.1) is 5.92 Å². The van der Waals surface area contributed by atoms with E-state index >= 15 is 0 Å². The second-order valence-electron chi connectivity index (χ2n) is 4.96. The molecule has 2 rings (SSSR count). The van der Waals surface area contributed by atoms with Crippen LogP contribution in [0.15, 0.2) is 12.1 Å². The summed E-state index contributed by atoms with van der Waals surface area (Å²) >= 11 is 0. The van der Waals surface area contributed by atoms with E-state index in [1.54, 1.807) is 12.1 Å². The summed E-state index contributed by atoms with van der Waals surface area (Å²) in [7, 11) is 0. The van der Waals surface area contributed by atoms with Gasteiger partial charge in [0.05, 0.1) is 17.9 Å². The van der Waals surface area contributed by atoms with Gasteiger partial charge in [-0.15, -0.1) is 0 Å². The highest BCUT2D eigenvalue weighted by Crippen LogP contribution is 2.36. The molecule has 0 spiro atoms. The van der Waals surface area contributed by atoms with Gasteiger partial charge in [0.25, 0.3) is 0 Å². The molecule has 5 heteroatoms. The van der Waals surface area contributed by atoms with Crippen LogP contribution in [0.4, 0.5) is 5.69 Å². The van der Waals surface area contributed by atoms with Crippen molar-refractivity contribution >= 4 is 11.7 Å². The van der Waals surface area contributed by atoms with Crippen LogP contribution in [-0.2, 0) is 4.74 Å². The van der Waals surface area contributed by atoms with Gasteiger partial charge in [-0.25, -0.2) is 4.79 Å². The van der Waals surface area contributed by atoms with Crippen LogP contribution in [0.1, 0.15) is 37.0 Å². The zero-order chi connectivity index (χ0) is 13.8. The lowest BCUT2D eigenvalue weighted by molar-refractivity contribution is 0.0495. The maximum absolute atomic E-state index is 11.9. The molecule has 0 bridgehead atoms. The summed E-state index contributed by atoms with van der Waals surface area (Å²) in [5.74, 6) is 1.28. The highest BCUT2D eigenvalue weighted by atomic mass is 16.7. The van der Waals surface area contributed by atoms with Crippen LogP contribution >= 0.6 is 0 Å². The van der Waals surface area contributed by atoms with Crippen molar-refractivity contribution in [2.24, 2.45) is 5.92 Å². The third-order valence-electron chi connectivity index (χ3n) is 2.92. The van der Waals surface area contributed by atoms with Crippen molar-refractivity contribution in [3.8, 4) is 11.5 Å². The van der Waals surface area contributed by atoms with Crippen molar-refractivity contribution in [1.82, 2.24) is 0 Å². The Hall–Kier alpha value is -1.91. The molecule has 1 aromatic carbocycles. The zero-order valence-electron chi connectivity index (χ0n) is 11.3. The zero-order valence-corrected chi connectivity index (χ0v) is 11.3.